The fraction of sp³-hybridized carbons (Fsp3) is 0.462. The first-order chi connectivity index (χ1) is 17.8. The fourth-order valence-corrected chi connectivity index (χ4v) is 4.65. The molecule has 202 valence electrons. The molecule has 7 atom stereocenters. The molecule has 0 amide bonds. The van der Waals surface area contributed by atoms with E-state index in [0.717, 1.165) is 5.56 Å². The van der Waals surface area contributed by atoms with E-state index >= 15 is 0 Å². The fourth-order valence-electron chi connectivity index (χ4n) is 4.65. The van der Waals surface area contributed by atoms with Gasteiger partial charge in [-0.1, -0.05) is 30.4 Å². The van der Waals surface area contributed by atoms with Gasteiger partial charge in [-0.05, 0) is 17.7 Å². The number of hydrogen-bond donors (Lipinski definition) is 6. The van der Waals surface area contributed by atoms with Gasteiger partial charge in [-0.25, -0.2) is 0 Å². The van der Waals surface area contributed by atoms with Gasteiger partial charge in [0.15, 0.2) is 29.3 Å². The number of ether oxygens (including phenoxy) is 5. The molecule has 0 bridgehead atoms. The number of benzene rings is 2. The van der Waals surface area contributed by atoms with Crippen LogP contribution in [0.1, 0.15) is 28.7 Å². The standard InChI is InChI=1S/C26H32O11/c1-33-18-10-14(6-8-17(18)29)23-16(12-35-26-22(32)21(31)20(30)19(11-28)36-26)15-7-5-13(4-3-9-27)24(34-2)25(15)37-23/h3-8,10,16,19-23,26-32H,9,11-12H2,1-2H3/b4-3+/t16-,19-,20-,21+,22-,23+,26-/m1/s1. The lowest BCUT2D eigenvalue weighted by Crippen LogP contribution is -2.59. The molecule has 0 radical (unpaired) electrons. The average Bonchev–Trinajstić information content (AvgIpc) is 3.28. The van der Waals surface area contributed by atoms with Gasteiger partial charge in [0.2, 0.25) is 0 Å². The predicted molar refractivity (Wildman–Crippen MR) is 130 cm³/mol. The van der Waals surface area contributed by atoms with E-state index in [9.17, 15) is 30.6 Å². The summed E-state index contributed by atoms with van der Waals surface area (Å²) in [6, 6.07) is 8.48. The Morgan fingerprint density at radius 2 is 1.76 bits per heavy atom. The SMILES string of the molecule is COc1cc([C@@H]2Oc3c(ccc(/C=C/CO)c3OC)[C@H]2CO[C@@H]2O[C@H](CO)[C@@H](O)[C@H](O)[C@H]2O)ccc1O. The zero-order valence-corrected chi connectivity index (χ0v) is 20.4. The van der Waals surface area contributed by atoms with Gasteiger partial charge in [0.1, 0.15) is 30.5 Å². The minimum absolute atomic E-state index is 0.0371. The summed E-state index contributed by atoms with van der Waals surface area (Å²) >= 11 is 0. The molecule has 1 saturated heterocycles. The lowest BCUT2D eigenvalue weighted by molar-refractivity contribution is -0.302. The number of aliphatic hydroxyl groups is 5. The zero-order chi connectivity index (χ0) is 26.7. The predicted octanol–water partition coefficient (Wildman–Crippen LogP) is 0.449. The van der Waals surface area contributed by atoms with Crippen molar-refractivity contribution in [1.82, 2.24) is 0 Å². The van der Waals surface area contributed by atoms with Gasteiger partial charge in [0, 0.05) is 11.1 Å². The Morgan fingerprint density at radius 1 is 0.973 bits per heavy atom. The molecule has 4 rings (SSSR count). The summed E-state index contributed by atoms with van der Waals surface area (Å²) < 4.78 is 28.6. The Morgan fingerprint density at radius 3 is 2.43 bits per heavy atom. The zero-order valence-electron chi connectivity index (χ0n) is 20.4. The molecule has 1 fully saturated rings. The summed E-state index contributed by atoms with van der Waals surface area (Å²) in [5.41, 5.74) is 2.09. The van der Waals surface area contributed by atoms with Crippen LogP contribution in [0.15, 0.2) is 36.4 Å². The highest BCUT2D eigenvalue weighted by Crippen LogP contribution is 2.52. The third-order valence-corrected chi connectivity index (χ3v) is 6.61. The van der Waals surface area contributed by atoms with E-state index in [-0.39, 0.29) is 24.7 Å². The van der Waals surface area contributed by atoms with Crippen LogP contribution in [0.3, 0.4) is 0 Å². The maximum Gasteiger partial charge on any atom is 0.186 e. The van der Waals surface area contributed by atoms with Crippen molar-refractivity contribution in [3.05, 3.63) is 53.1 Å². The van der Waals surface area contributed by atoms with E-state index in [1.54, 1.807) is 24.3 Å². The van der Waals surface area contributed by atoms with Gasteiger partial charge in [-0.15, -0.1) is 0 Å². The highest BCUT2D eigenvalue weighted by molar-refractivity contribution is 5.66. The molecule has 11 nitrogen and oxygen atoms in total. The third kappa shape index (κ3) is 5.25. The first kappa shape index (κ1) is 27.1. The maximum absolute atomic E-state index is 10.4. The van der Waals surface area contributed by atoms with E-state index < -0.39 is 49.3 Å². The number of phenolic OH excluding ortho intramolecular Hbond substituents is 1. The van der Waals surface area contributed by atoms with Crippen molar-refractivity contribution in [2.24, 2.45) is 0 Å². The van der Waals surface area contributed by atoms with E-state index in [0.29, 0.717) is 22.6 Å². The van der Waals surface area contributed by atoms with Crippen LogP contribution < -0.4 is 14.2 Å². The Hall–Kier alpha value is -2.90. The Labute approximate surface area is 213 Å². The maximum atomic E-state index is 10.4. The molecule has 0 saturated carbocycles. The lowest BCUT2D eigenvalue weighted by Gasteiger charge is -2.40. The first-order valence-corrected chi connectivity index (χ1v) is 11.8. The molecule has 2 aromatic carbocycles. The topological polar surface area (TPSA) is 168 Å². The van der Waals surface area contributed by atoms with Crippen LogP contribution in [-0.4, -0.2) is 95.4 Å². The molecule has 2 aliphatic rings. The summed E-state index contributed by atoms with van der Waals surface area (Å²) in [7, 11) is 2.94. The van der Waals surface area contributed by atoms with Crippen LogP contribution in [0.4, 0.5) is 0 Å². The second-order valence-electron chi connectivity index (χ2n) is 8.80. The molecule has 2 heterocycles. The molecule has 0 unspecified atom stereocenters. The van der Waals surface area contributed by atoms with Gasteiger partial charge in [0.05, 0.1) is 40.0 Å². The van der Waals surface area contributed by atoms with E-state index in [1.165, 1.54) is 20.3 Å². The molecule has 0 aliphatic carbocycles. The van der Waals surface area contributed by atoms with Crippen LogP contribution >= 0.6 is 0 Å². The normalized spacial score (nSPS) is 29.2. The molecular weight excluding hydrogens is 488 g/mol. The van der Waals surface area contributed by atoms with Gasteiger partial charge < -0.3 is 54.3 Å². The smallest absolute Gasteiger partial charge is 0.186 e. The molecule has 37 heavy (non-hydrogen) atoms. The molecular formula is C26H32O11. The van der Waals surface area contributed by atoms with Crippen molar-refractivity contribution in [2.75, 3.05) is 34.0 Å². The third-order valence-electron chi connectivity index (χ3n) is 6.61. The average molecular weight is 521 g/mol. The van der Waals surface area contributed by atoms with Crippen molar-refractivity contribution >= 4 is 6.08 Å². The van der Waals surface area contributed by atoms with Crippen molar-refractivity contribution in [2.45, 2.75) is 42.7 Å². The number of aromatic hydroxyl groups is 1. The lowest BCUT2D eigenvalue weighted by atomic mass is 9.90. The Balaban J connectivity index is 1.69. The van der Waals surface area contributed by atoms with Crippen LogP contribution in [0.25, 0.3) is 6.08 Å². The number of aliphatic hydroxyl groups excluding tert-OH is 5. The van der Waals surface area contributed by atoms with Crippen LogP contribution in [-0.2, 0) is 9.47 Å². The number of fused-ring (bicyclic) bond motifs is 1. The second-order valence-corrected chi connectivity index (χ2v) is 8.80. The quantitative estimate of drug-likeness (QED) is 0.272. The minimum atomic E-state index is -1.57. The first-order valence-electron chi connectivity index (χ1n) is 11.8. The molecule has 0 aromatic heterocycles. The molecule has 11 heteroatoms. The van der Waals surface area contributed by atoms with Gasteiger partial charge in [-0.2, -0.15) is 0 Å². The number of phenols is 1. The second kappa shape index (κ2) is 11.7. The molecule has 2 aromatic rings. The molecule has 0 spiro atoms. The highest BCUT2D eigenvalue weighted by Gasteiger charge is 2.45. The molecule has 6 N–H and O–H groups in total. The van der Waals surface area contributed by atoms with Gasteiger partial charge in [-0.3, -0.25) is 0 Å². The summed E-state index contributed by atoms with van der Waals surface area (Å²) in [6.45, 7) is -0.761. The van der Waals surface area contributed by atoms with Crippen molar-refractivity contribution in [3.63, 3.8) is 0 Å². The highest BCUT2D eigenvalue weighted by atomic mass is 16.7. The minimum Gasteiger partial charge on any atom is -0.504 e. The number of methoxy groups -OCH3 is 2. The van der Waals surface area contributed by atoms with Crippen molar-refractivity contribution in [3.8, 4) is 23.0 Å². The van der Waals surface area contributed by atoms with E-state index in [4.69, 9.17) is 23.7 Å². The van der Waals surface area contributed by atoms with Crippen molar-refractivity contribution < 1.29 is 54.3 Å². The van der Waals surface area contributed by atoms with E-state index in [1.807, 2.05) is 12.1 Å². The molecule has 2 aliphatic heterocycles. The van der Waals surface area contributed by atoms with Gasteiger partial charge in [0.25, 0.3) is 0 Å². The largest absolute Gasteiger partial charge is 0.504 e. The number of hydrogen-bond acceptors (Lipinski definition) is 11. The van der Waals surface area contributed by atoms with E-state index in [2.05, 4.69) is 0 Å². The van der Waals surface area contributed by atoms with Crippen LogP contribution in [0.2, 0.25) is 0 Å². The van der Waals surface area contributed by atoms with Gasteiger partial charge >= 0.3 is 0 Å². The summed E-state index contributed by atoms with van der Waals surface area (Å²) in [4.78, 5) is 0. The Bertz CT molecular complexity index is 1100. The van der Waals surface area contributed by atoms with Crippen LogP contribution in [0, 0.1) is 0 Å². The summed E-state index contributed by atoms with van der Waals surface area (Å²) in [5.74, 6) is 0.672. The van der Waals surface area contributed by atoms with Crippen LogP contribution in [0.5, 0.6) is 23.0 Å². The summed E-state index contributed by atoms with van der Waals surface area (Å²) in [6.07, 6.45) is -4.38. The Kier molecular flexibility index (Phi) is 8.55. The number of rotatable bonds is 9. The summed E-state index contributed by atoms with van der Waals surface area (Å²) in [5, 5.41) is 59.3. The van der Waals surface area contributed by atoms with Crippen molar-refractivity contribution in [1.29, 1.82) is 0 Å². The monoisotopic (exact) mass is 520 g/mol.